The third-order valence-corrected chi connectivity index (χ3v) is 4.57. The second kappa shape index (κ2) is 7.04. The number of aromatic nitrogens is 5. The van der Waals surface area contributed by atoms with Gasteiger partial charge in [-0.05, 0) is 13.3 Å². The third-order valence-electron chi connectivity index (χ3n) is 3.61. The standard InChI is InChI=1S/C14H20N6O3S/c1-5-6-8-16-13(18-17-8)24-7(2)10(21)9-11(15)19(3)14(23)20(4)12(9)22/h7H,5-6,15H2,1-4H3,(H,16,17,18)/t7-/m0/s1. The molecule has 0 saturated carbocycles. The van der Waals surface area contributed by atoms with E-state index in [4.69, 9.17) is 5.73 Å². The van der Waals surface area contributed by atoms with Gasteiger partial charge in [-0.25, -0.2) is 9.78 Å². The number of rotatable bonds is 6. The molecule has 2 heterocycles. The van der Waals surface area contributed by atoms with Crippen molar-refractivity contribution in [2.24, 2.45) is 14.1 Å². The van der Waals surface area contributed by atoms with Gasteiger partial charge in [0.15, 0.2) is 5.78 Å². The van der Waals surface area contributed by atoms with E-state index in [-0.39, 0.29) is 11.4 Å². The molecule has 0 unspecified atom stereocenters. The highest BCUT2D eigenvalue weighted by atomic mass is 32.2. The molecular weight excluding hydrogens is 332 g/mol. The van der Waals surface area contributed by atoms with Crippen LogP contribution in [0.1, 0.15) is 36.5 Å². The van der Waals surface area contributed by atoms with Crippen LogP contribution in [0.3, 0.4) is 0 Å². The van der Waals surface area contributed by atoms with Gasteiger partial charge >= 0.3 is 5.69 Å². The molecule has 0 spiro atoms. The number of nitrogen functional groups attached to an aromatic ring is 1. The molecule has 130 valence electrons. The summed E-state index contributed by atoms with van der Waals surface area (Å²) in [6.07, 6.45) is 1.70. The molecule has 0 bridgehead atoms. The van der Waals surface area contributed by atoms with Crippen LogP contribution in [0.25, 0.3) is 0 Å². The smallest absolute Gasteiger partial charge is 0.332 e. The Kier molecular flexibility index (Phi) is 5.27. The molecule has 0 aliphatic heterocycles. The lowest BCUT2D eigenvalue weighted by Crippen LogP contribution is -2.42. The van der Waals surface area contributed by atoms with Gasteiger partial charge in [-0.15, -0.1) is 5.10 Å². The van der Waals surface area contributed by atoms with E-state index < -0.39 is 22.3 Å². The SMILES string of the molecule is CCCc1nc(S[C@@H](C)C(=O)c2c(N)n(C)c(=O)n(C)c2=O)n[nH]1. The lowest BCUT2D eigenvalue weighted by molar-refractivity contribution is 0.0992. The lowest BCUT2D eigenvalue weighted by Gasteiger charge is -2.13. The molecule has 0 aromatic carbocycles. The van der Waals surface area contributed by atoms with E-state index in [2.05, 4.69) is 15.2 Å². The van der Waals surface area contributed by atoms with Gasteiger partial charge in [0.1, 0.15) is 17.2 Å². The molecule has 3 N–H and O–H groups in total. The number of hydrogen-bond donors (Lipinski definition) is 2. The summed E-state index contributed by atoms with van der Waals surface area (Å²) in [5, 5.41) is 6.67. The topological polar surface area (TPSA) is 129 Å². The average Bonchev–Trinajstić information content (AvgIpc) is 2.98. The van der Waals surface area contributed by atoms with Crippen molar-refractivity contribution in [2.75, 3.05) is 5.73 Å². The van der Waals surface area contributed by atoms with Gasteiger partial charge in [-0.3, -0.25) is 23.8 Å². The highest BCUT2D eigenvalue weighted by Gasteiger charge is 2.26. The van der Waals surface area contributed by atoms with Crippen molar-refractivity contribution in [1.29, 1.82) is 0 Å². The summed E-state index contributed by atoms with van der Waals surface area (Å²) in [6, 6.07) is 0. The Morgan fingerprint density at radius 1 is 1.33 bits per heavy atom. The maximum atomic E-state index is 12.6. The zero-order chi connectivity index (χ0) is 18.0. The zero-order valence-electron chi connectivity index (χ0n) is 14.0. The second-order valence-corrected chi connectivity index (χ2v) is 6.71. The van der Waals surface area contributed by atoms with Crippen molar-refractivity contribution in [3.8, 4) is 0 Å². The van der Waals surface area contributed by atoms with Gasteiger partial charge in [-0.1, -0.05) is 18.7 Å². The monoisotopic (exact) mass is 352 g/mol. The summed E-state index contributed by atoms with van der Waals surface area (Å²) in [4.78, 5) is 41.0. The van der Waals surface area contributed by atoms with Crippen molar-refractivity contribution < 1.29 is 4.79 Å². The first-order valence-corrected chi connectivity index (χ1v) is 8.33. The lowest BCUT2D eigenvalue weighted by atomic mass is 10.1. The first kappa shape index (κ1) is 18.0. The fourth-order valence-corrected chi connectivity index (χ4v) is 2.99. The van der Waals surface area contributed by atoms with Crippen LogP contribution in [0.2, 0.25) is 0 Å². The molecule has 1 atom stereocenters. The van der Waals surface area contributed by atoms with Gasteiger partial charge in [-0.2, -0.15) is 0 Å². The highest BCUT2D eigenvalue weighted by molar-refractivity contribution is 8.00. The van der Waals surface area contributed by atoms with E-state index in [9.17, 15) is 14.4 Å². The number of nitrogens with one attached hydrogen (secondary N) is 1. The van der Waals surface area contributed by atoms with E-state index in [0.717, 1.165) is 39.6 Å². The second-order valence-electron chi connectivity index (χ2n) is 5.41. The number of carbonyl (C=O) groups is 1. The van der Waals surface area contributed by atoms with Crippen LogP contribution >= 0.6 is 11.8 Å². The summed E-state index contributed by atoms with van der Waals surface area (Å²) in [7, 11) is 2.73. The Morgan fingerprint density at radius 3 is 2.62 bits per heavy atom. The number of ketones is 1. The highest BCUT2D eigenvalue weighted by Crippen LogP contribution is 2.23. The minimum atomic E-state index is -0.699. The number of aromatic amines is 1. The molecule has 0 fully saturated rings. The fraction of sp³-hybridized carbons (Fsp3) is 0.500. The van der Waals surface area contributed by atoms with Crippen LogP contribution in [0, 0.1) is 0 Å². The van der Waals surface area contributed by atoms with Crippen LogP contribution < -0.4 is 17.0 Å². The van der Waals surface area contributed by atoms with Crippen molar-refractivity contribution in [3.05, 3.63) is 32.2 Å². The normalized spacial score (nSPS) is 12.3. The van der Waals surface area contributed by atoms with Gasteiger partial charge in [0.25, 0.3) is 5.56 Å². The largest absolute Gasteiger partial charge is 0.384 e. The summed E-state index contributed by atoms with van der Waals surface area (Å²) >= 11 is 1.13. The molecule has 0 radical (unpaired) electrons. The molecule has 10 heteroatoms. The Labute approximate surface area is 142 Å². The minimum absolute atomic E-state index is 0.137. The molecule has 2 aromatic rings. The number of carbonyl (C=O) groups excluding carboxylic acids is 1. The quantitative estimate of drug-likeness (QED) is 0.557. The van der Waals surface area contributed by atoms with Crippen molar-refractivity contribution in [1.82, 2.24) is 24.3 Å². The maximum absolute atomic E-state index is 12.6. The molecule has 0 saturated heterocycles. The van der Waals surface area contributed by atoms with Gasteiger partial charge in [0.2, 0.25) is 5.16 Å². The third kappa shape index (κ3) is 3.28. The number of anilines is 1. The number of nitrogens with two attached hydrogens (primary N) is 1. The average molecular weight is 352 g/mol. The number of Topliss-reactive ketones (excluding diaryl/α,β-unsaturated/α-hetero) is 1. The molecule has 9 nitrogen and oxygen atoms in total. The molecular formula is C14H20N6O3S. The predicted molar refractivity (Wildman–Crippen MR) is 91.4 cm³/mol. The first-order valence-electron chi connectivity index (χ1n) is 7.45. The number of thioether (sulfide) groups is 1. The first-order chi connectivity index (χ1) is 11.3. The van der Waals surface area contributed by atoms with Crippen molar-refractivity contribution in [2.45, 2.75) is 37.1 Å². The summed E-state index contributed by atoms with van der Waals surface area (Å²) < 4.78 is 1.95. The van der Waals surface area contributed by atoms with E-state index in [1.165, 1.54) is 14.1 Å². The van der Waals surface area contributed by atoms with Gasteiger partial charge in [0.05, 0.1) is 5.25 Å². The van der Waals surface area contributed by atoms with Crippen LogP contribution in [0.15, 0.2) is 14.7 Å². The Hall–Kier alpha value is -2.36. The van der Waals surface area contributed by atoms with Crippen LogP contribution in [0.4, 0.5) is 5.82 Å². The van der Waals surface area contributed by atoms with Gasteiger partial charge < -0.3 is 5.73 Å². The van der Waals surface area contributed by atoms with E-state index in [1.54, 1.807) is 6.92 Å². The summed E-state index contributed by atoms with van der Waals surface area (Å²) in [6.45, 7) is 3.67. The summed E-state index contributed by atoms with van der Waals surface area (Å²) in [5.74, 6) is 0.148. The molecule has 2 rings (SSSR count). The Morgan fingerprint density at radius 2 is 2.00 bits per heavy atom. The minimum Gasteiger partial charge on any atom is -0.384 e. The number of nitrogens with zero attached hydrogens (tertiary/aromatic N) is 4. The van der Waals surface area contributed by atoms with Crippen LogP contribution in [-0.4, -0.2) is 35.3 Å². The zero-order valence-corrected chi connectivity index (χ0v) is 14.8. The predicted octanol–water partition coefficient (Wildman–Crippen LogP) is 0.100. The number of H-pyrrole nitrogens is 1. The van der Waals surface area contributed by atoms with E-state index in [0.29, 0.717) is 5.16 Å². The number of hydrogen-bond acceptors (Lipinski definition) is 7. The Balaban J connectivity index is 2.31. The van der Waals surface area contributed by atoms with Crippen molar-refractivity contribution in [3.63, 3.8) is 0 Å². The Bertz CT molecular complexity index is 882. The molecule has 0 aliphatic rings. The molecule has 0 amide bonds. The van der Waals surface area contributed by atoms with Crippen LogP contribution in [-0.2, 0) is 20.5 Å². The fourth-order valence-electron chi connectivity index (χ4n) is 2.19. The van der Waals surface area contributed by atoms with E-state index in [1.807, 2.05) is 6.92 Å². The number of aryl methyl sites for hydroxylation is 1. The molecule has 0 aliphatic carbocycles. The van der Waals surface area contributed by atoms with Gasteiger partial charge in [0, 0.05) is 20.5 Å². The maximum Gasteiger partial charge on any atom is 0.332 e. The summed E-state index contributed by atoms with van der Waals surface area (Å²) in [5.41, 5.74) is 4.34. The van der Waals surface area contributed by atoms with Crippen LogP contribution in [0.5, 0.6) is 0 Å². The molecule has 24 heavy (non-hydrogen) atoms. The van der Waals surface area contributed by atoms with E-state index >= 15 is 0 Å². The van der Waals surface area contributed by atoms with Crippen molar-refractivity contribution >= 4 is 23.4 Å². The molecule has 2 aromatic heterocycles.